The number of amides is 1. The molecule has 206 valence electrons. The number of aromatic amines is 1. The van der Waals surface area contributed by atoms with E-state index in [9.17, 15) is 9.59 Å². The van der Waals surface area contributed by atoms with Crippen LogP contribution >= 0.6 is 0 Å². The average molecular weight is 505 g/mol. The number of benzene rings is 1. The van der Waals surface area contributed by atoms with Crippen LogP contribution in [0.15, 0.2) is 18.2 Å². The Bertz CT molecular complexity index is 925. The number of rotatable bonds is 4. The number of hydrogen-bond acceptors (Lipinski definition) is 4. The molecule has 1 N–H and O–H groups in total. The minimum atomic E-state index is -0.328. The second-order valence-electron chi connectivity index (χ2n) is 10.2. The van der Waals surface area contributed by atoms with Crippen LogP contribution in [0, 0.1) is 5.92 Å². The first-order valence-corrected chi connectivity index (χ1v) is 13.6. The molecule has 6 nitrogen and oxygen atoms in total. The summed E-state index contributed by atoms with van der Waals surface area (Å²) < 4.78 is 10.1. The van der Waals surface area contributed by atoms with E-state index in [0.717, 1.165) is 30.7 Å². The SMILES string of the molecule is CC.CC(=O)OC(C)(C)C.CCC.CCC(=O)N1CCc2c([nH]c3cc(OC)ccc23)C1CC(C)C. The van der Waals surface area contributed by atoms with E-state index in [2.05, 4.69) is 43.6 Å². The van der Waals surface area contributed by atoms with Crippen molar-refractivity contribution < 1.29 is 19.1 Å². The molecule has 0 spiro atoms. The van der Waals surface area contributed by atoms with Gasteiger partial charge in [0.1, 0.15) is 11.4 Å². The van der Waals surface area contributed by atoms with Gasteiger partial charge in [-0.3, -0.25) is 9.59 Å². The van der Waals surface area contributed by atoms with Gasteiger partial charge in [-0.2, -0.15) is 0 Å². The van der Waals surface area contributed by atoms with Crippen molar-refractivity contribution in [2.45, 2.75) is 113 Å². The van der Waals surface area contributed by atoms with E-state index in [0.29, 0.717) is 12.3 Å². The summed E-state index contributed by atoms with van der Waals surface area (Å²) in [4.78, 5) is 28.3. The van der Waals surface area contributed by atoms with Crippen molar-refractivity contribution in [2.24, 2.45) is 5.92 Å². The molecule has 0 radical (unpaired) electrons. The quantitative estimate of drug-likeness (QED) is 0.430. The molecule has 1 atom stereocenters. The van der Waals surface area contributed by atoms with Gasteiger partial charge in [0.25, 0.3) is 0 Å². The maximum absolute atomic E-state index is 12.4. The third-order valence-corrected chi connectivity index (χ3v) is 5.23. The Morgan fingerprint density at radius 1 is 1.14 bits per heavy atom. The highest BCUT2D eigenvalue weighted by atomic mass is 16.6. The Morgan fingerprint density at radius 2 is 1.72 bits per heavy atom. The van der Waals surface area contributed by atoms with Crippen molar-refractivity contribution in [2.75, 3.05) is 13.7 Å². The molecular formula is C30H52N2O4. The highest BCUT2D eigenvalue weighted by Gasteiger charge is 2.33. The van der Waals surface area contributed by atoms with Gasteiger partial charge in [0, 0.05) is 42.6 Å². The van der Waals surface area contributed by atoms with Crippen LogP contribution in [-0.2, 0) is 20.7 Å². The molecule has 3 rings (SSSR count). The van der Waals surface area contributed by atoms with Gasteiger partial charge in [0.2, 0.25) is 5.91 Å². The van der Waals surface area contributed by atoms with E-state index in [-0.39, 0.29) is 23.5 Å². The number of esters is 1. The summed E-state index contributed by atoms with van der Waals surface area (Å²) in [6, 6.07) is 6.35. The molecule has 0 fully saturated rings. The number of carbonyl (C=O) groups excluding carboxylic acids is 2. The Labute approximate surface area is 220 Å². The predicted octanol–water partition coefficient (Wildman–Crippen LogP) is 7.85. The number of nitrogens with zero attached hydrogens (tertiary/aromatic N) is 1. The second-order valence-corrected chi connectivity index (χ2v) is 10.2. The number of hydrogen-bond donors (Lipinski definition) is 1. The lowest BCUT2D eigenvalue weighted by Gasteiger charge is -2.36. The van der Waals surface area contributed by atoms with Crippen LogP contribution in [0.4, 0.5) is 0 Å². The van der Waals surface area contributed by atoms with Gasteiger partial charge in [0.05, 0.1) is 13.2 Å². The van der Waals surface area contributed by atoms with E-state index in [1.165, 1.54) is 30.0 Å². The van der Waals surface area contributed by atoms with Crippen LogP contribution in [-0.4, -0.2) is 41.0 Å². The zero-order valence-corrected chi connectivity index (χ0v) is 25.0. The normalized spacial score (nSPS) is 14.4. The third-order valence-electron chi connectivity index (χ3n) is 5.23. The molecule has 1 aliphatic heterocycles. The summed E-state index contributed by atoms with van der Waals surface area (Å²) in [6.45, 7) is 22.4. The summed E-state index contributed by atoms with van der Waals surface area (Å²) in [5.74, 6) is 1.42. The third kappa shape index (κ3) is 10.6. The lowest BCUT2D eigenvalue weighted by Crippen LogP contribution is -2.40. The minimum absolute atomic E-state index is 0.157. The Hall–Kier alpha value is -2.50. The summed E-state index contributed by atoms with van der Waals surface area (Å²) in [5, 5.41) is 1.26. The highest BCUT2D eigenvalue weighted by molar-refractivity contribution is 5.87. The molecule has 0 aliphatic carbocycles. The molecule has 2 aromatic rings. The maximum Gasteiger partial charge on any atom is 0.303 e. The first-order chi connectivity index (χ1) is 16.9. The number of ether oxygens (including phenoxy) is 2. The molecule has 36 heavy (non-hydrogen) atoms. The van der Waals surface area contributed by atoms with Crippen LogP contribution in [0.25, 0.3) is 10.9 Å². The number of carbonyl (C=O) groups is 2. The molecule has 1 amide bonds. The Morgan fingerprint density at radius 3 is 2.14 bits per heavy atom. The number of methoxy groups -OCH3 is 1. The second kappa shape index (κ2) is 16.3. The Balaban J connectivity index is 0.000000792. The molecule has 0 bridgehead atoms. The average Bonchev–Trinajstić information content (AvgIpc) is 3.17. The summed E-state index contributed by atoms with van der Waals surface area (Å²) in [5.41, 5.74) is 3.36. The number of fused-ring (bicyclic) bond motifs is 3. The minimum Gasteiger partial charge on any atom is -0.497 e. The van der Waals surface area contributed by atoms with Crippen molar-refractivity contribution in [1.29, 1.82) is 0 Å². The van der Waals surface area contributed by atoms with Gasteiger partial charge < -0.3 is 19.4 Å². The summed E-state index contributed by atoms with van der Waals surface area (Å²) >= 11 is 0. The van der Waals surface area contributed by atoms with Crippen molar-refractivity contribution in [1.82, 2.24) is 9.88 Å². The molecule has 6 heteroatoms. The molecule has 1 aromatic carbocycles. The van der Waals surface area contributed by atoms with E-state index < -0.39 is 0 Å². The standard InChI is InChI=1S/C19H26N2O2.C6H12O2.C3H8.C2H6/c1-5-18(22)21-9-8-15-14-7-6-13(23-4)11-16(14)20-19(15)17(21)10-12(2)3;1-5(7)8-6(2,3)4;1-3-2;1-2/h6-7,11-12,17,20H,5,8-10H2,1-4H3;1-4H3;3H2,1-2H3;1-2H3. The van der Waals surface area contributed by atoms with Crippen molar-refractivity contribution in [3.8, 4) is 5.75 Å². The predicted molar refractivity (Wildman–Crippen MR) is 152 cm³/mol. The first kappa shape index (κ1) is 33.5. The smallest absolute Gasteiger partial charge is 0.303 e. The van der Waals surface area contributed by atoms with Gasteiger partial charge in [-0.1, -0.05) is 54.9 Å². The zero-order valence-electron chi connectivity index (χ0n) is 25.0. The summed E-state index contributed by atoms with van der Waals surface area (Å²) in [6.07, 6.45) is 3.72. The van der Waals surface area contributed by atoms with E-state index in [1.54, 1.807) is 7.11 Å². The molecule has 2 heterocycles. The largest absolute Gasteiger partial charge is 0.497 e. The van der Waals surface area contributed by atoms with Crippen molar-refractivity contribution in [3.63, 3.8) is 0 Å². The maximum atomic E-state index is 12.4. The van der Waals surface area contributed by atoms with Gasteiger partial charge in [-0.15, -0.1) is 0 Å². The molecule has 1 aliphatic rings. The van der Waals surface area contributed by atoms with Crippen LogP contribution in [0.2, 0.25) is 0 Å². The van der Waals surface area contributed by atoms with Crippen molar-refractivity contribution in [3.05, 3.63) is 29.5 Å². The molecule has 1 aromatic heterocycles. The van der Waals surface area contributed by atoms with Gasteiger partial charge in [-0.25, -0.2) is 0 Å². The lowest BCUT2D eigenvalue weighted by atomic mass is 9.91. The van der Waals surface area contributed by atoms with Gasteiger partial charge in [-0.05, 0) is 57.2 Å². The Kier molecular flexibility index (Phi) is 15.2. The number of H-pyrrole nitrogens is 1. The molecule has 0 saturated carbocycles. The topological polar surface area (TPSA) is 71.6 Å². The van der Waals surface area contributed by atoms with Gasteiger partial charge >= 0.3 is 5.97 Å². The first-order valence-electron chi connectivity index (χ1n) is 13.6. The van der Waals surface area contributed by atoms with E-state index in [1.807, 2.05) is 53.7 Å². The molecule has 1 unspecified atom stereocenters. The molecular weight excluding hydrogens is 452 g/mol. The van der Waals surface area contributed by atoms with E-state index in [4.69, 9.17) is 9.47 Å². The van der Waals surface area contributed by atoms with E-state index >= 15 is 0 Å². The number of nitrogens with one attached hydrogen (secondary N) is 1. The number of aromatic nitrogens is 1. The fourth-order valence-corrected chi connectivity index (χ4v) is 4.10. The monoisotopic (exact) mass is 504 g/mol. The van der Waals surface area contributed by atoms with Crippen LogP contribution in [0.5, 0.6) is 5.75 Å². The fraction of sp³-hybridized carbons (Fsp3) is 0.667. The lowest BCUT2D eigenvalue weighted by molar-refractivity contribution is -0.151. The van der Waals surface area contributed by atoms with Gasteiger partial charge in [0.15, 0.2) is 0 Å². The van der Waals surface area contributed by atoms with Crippen LogP contribution in [0.1, 0.15) is 113 Å². The fourth-order valence-electron chi connectivity index (χ4n) is 4.10. The van der Waals surface area contributed by atoms with Crippen LogP contribution in [0.3, 0.4) is 0 Å². The zero-order chi connectivity index (χ0) is 28.1. The van der Waals surface area contributed by atoms with Crippen LogP contribution < -0.4 is 4.74 Å². The highest BCUT2D eigenvalue weighted by Crippen LogP contribution is 2.38. The molecule has 0 saturated heterocycles. The van der Waals surface area contributed by atoms with Crippen molar-refractivity contribution >= 4 is 22.8 Å². The summed E-state index contributed by atoms with van der Waals surface area (Å²) in [7, 11) is 1.69.